The van der Waals surface area contributed by atoms with Crippen LogP contribution in [0.1, 0.15) is 12.1 Å². The molecule has 1 aromatic rings. The Kier molecular flexibility index (Phi) is 3.01. The number of nitrogens with one attached hydrogen (secondary N) is 2. The summed E-state index contributed by atoms with van der Waals surface area (Å²) in [6.45, 7) is 3.55. The number of nitrogens with zero attached hydrogens (tertiary/aromatic N) is 2. The van der Waals surface area contributed by atoms with E-state index in [1.165, 1.54) is 0 Å². The third-order valence-electron chi connectivity index (χ3n) is 2.36. The van der Waals surface area contributed by atoms with Gasteiger partial charge in [0, 0.05) is 25.4 Å². The molecular weight excluding hydrogens is 192 g/mol. The molecule has 5 heteroatoms. The number of hydrogen-bond acceptors (Lipinski definition) is 5. The van der Waals surface area contributed by atoms with Gasteiger partial charge in [0.1, 0.15) is 5.82 Å². The normalized spacial score (nSPS) is 20.3. The zero-order valence-electron chi connectivity index (χ0n) is 9.08. The Labute approximate surface area is 89.3 Å². The molecule has 2 heterocycles. The summed E-state index contributed by atoms with van der Waals surface area (Å²) in [7, 11) is 1.82. The summed E-state index contributed by atoms with van der Waals surface area (Å²) in [4.78, 5) is 8.56. The van der Waals surface area contributed by atoms with Crippen molar-refractivity contribution >= 4 is 11.8 Å². The molecule has 1 aliphatic rings. The van der Waals surface area contributed by atoms with Crippen molar-refractivity contribution in [3.63, 3.8) is 0 Å². The first-order chi connectivity index (χ1) is 7.28. The van der Waals surface area contributed by atoms with Crippen LogP contribution in [0.2, 0.25) is 0 Å². The van der Waals surface area contributed by atoms with Crippen molar-refractivity contribution < 1.29 is 4.74 Å². The fourth-order valence-corrected chi connectivity index (χ4v) is 1.61. The van der Waals surface area contributed by atoms with Gasteiger partial charge in [0.15, 0.2) is 0 Å². The monoisotopic (exact) mass is 208 g/mol. The van der Waals surface area contributed by atoms with Crippen molar-refractivity contribution in [1.29, 1.82) is 0 Å². The van der Waals surface area contributed by atoms with E-state index >= 15 is 0 Å². The van der Waals surface area contributed by atoms with Crippen LogP contribution in [-0.4, -0.2) is 36.3 Å². The fraction of sp³-hybridized carbons (Fsp3) is 0.600. The van der Waals surface area contributed by atoms with Crippen LogP contribution >= 0.6 is 0 Å². The van der Waals surface area contributed by atoms with Crippen molar-refractivity contribution in [1.82, 2.24) is 9.97 Å². The van der Waals surface area contributed by atoms with Gasteiger partial charge in [-0.1, -0.05) is 0 Å². The van der Waals surface area contributed by atoms with Crippen LogP contribution in [0.5, 0.6) is 0 Å². The van der Waals surface area contributed by atoms with Gasteiger partial charge < -0.3 is 15.4 Å². The van der Waals surface area contributed by atoms with E-state index in [0.717, 1.165) is 31.1 Å². The third kappa shape index (κ3) is 2.56. The first-order valence-electron chi connectivity index (χ1n) is 5.15. The minimum absolute atomic E-state index is 0.379. The van der Waals surface area contributed by atoms with Gasteiger partial charge in [0.2, 0.25) is 5.95 Å². The van der Waals surface area contributed by atoms with E-state index in [-0.39, 0.29) is 0 Å². The molecule has 0 saturated carbocycles. The Bertz CT molecular complexity index is 336. The van der Waals surface area contributed by atoms with Crippen molar-refractivity contribution in [3.8, 4) is 0 Å². The summed E-state index contributed by atoms with van der Waals surface area (Å²) in [6.07, 6.45) is 1.04. The molecule has 1 saturated heterocycles. The lowest BCUT2D eigenvalue weighted by Gasteiger charge is -2.12. The van der Waals surface area contributed by atoms with Crippen LogP contribution in [-0.2, 0) is 4.74 Å². The largest absolute Gasteiger partial charge is 0.379 e. The maximum absolute atomic E-state index is 5.29. The van der Waals surface area contributed by atoms with E-state index in [1.807, 2.05) is 20.0 Å². The summed E-state index contributed by atoms with van der Waals surface area (Å²) in [5.41, 5.74) is 0.954. The predicted molar refractivity (Wildman–Crippen MR) is 59.2 cm³/mol. The maximum Gasteiger partial charge on any atom is 0.224 e. The van der Waals surface area contributed by atoms with E-state index in [2.05, 4.69) is 20.6 Å². The molecule has 5 nitrogen and oxygen atoms in total. The van der Waals surface area contributed by atoms with Crippen molar-refractivity contribution in [2.45, 2.75) is 19.4 Å². The van der Waals surface area contributed by atoms with Crippen molar-refractivity contribution in [2.75, 3.05) is 30.9 Å². The molecule has 0 bridgehead atoms. The van der Waals surface area contributed by atoms with Crippen LogP contribution < -0.4 is 10.6 Å². The van der Waals surface area contributed by atoms with Gasteiger partial charge in [-0.3, -0.25) is 0 Å². The van der Waals surface area contributed by atoms with Crippen LogP contribution in [0.4, 0.5) is 11.8 Å². The molecule has 1 atom stereocenters. The van der Waals surface area contributed by atoms with Crippen LogP contribution in [0, 0.1) is 6.92 Å². The minimum atomic E-state index is 0.379. The Morgan fingerprint density at radius 3 is 3.00 bits per heavy atom. The topological polar surface area (TPSA) is 59.1 Å². The van der Waals surface area contributed by atoms with Gasteiger partial charge in [-0.15, -0.1) is 0 Å². The molecule has 1 aromatic heterocycles. The smallest absolute Gasteiger partial charge is 0.224 e. The average Bonchev–Trinajstić information content (AvgIpc) is 2.69. The molecule has 1 fully saturated rings. The predicted octanol–water partition coefficient (Wildman–Crippen LogP) is 1.03. The van der Waals surface area contributed by atoms with Crippen LogP contribution in [0.15, 0.2) is 6.07 Å². The highest BCUT2D eigenvalue weighted by molar-refractivity contribution is 5.42. The Morgan fingerprint density at radius 2 is 2.33 bits per heavy atom. The molecule has 0 amide bonds. The lowest BCUT2D eigenvalue weighted by atomic mass is 10.2. The van der Waals surface area contributed by atoms with E-state index in [0.29, 0.717) is 12.0 Å². The number of rotatable bonds is 3. The van der Waals surface area contributed by atoms with Crippen molar-refractivity contribution in [3.05, 3.63) is 11.8 Å². The highest BCUT2D eigenvalue weighted by Gasteiger charge is 2.15. The van der Waals surface area contributed by atoms with Gasteiger partial charge >= 0.3 is 0 Å². The summed E-state index contributed by atoms with van der Waals surface area (Å²) in [5, 5.41) is 6.28. The number of aromatic nitrogens is 2. The number of ether oxygens (including phenoxy) is 1. The minimum Gasteiger partial charge on any atom is -0.379 e. The number of hydrogen-bond donors (Lipinski definition) is 2. The first-order valence-corrected chi connectivity index (χ1v) is 5.15. The molecule has 82 valence electrons. The zero-order chi connectivity index (χ0) is 10.7. The van der Waals surface area contributed by atoms with Gasteiger partial charge in [0.05, 0.1) is 12.6 Å². The maximum atomic E-state index is 5.29. The van der Waals surface area contributed by atoms with Crippen LogP contribution in [0.3, 0.4) is 0 Å². The van der Waals surface area contributed by atoms with E-state index < -0.39 is 0 Å². The van der Waals surface area contributed by atoms with E-state index in [4.69, 9.17) is 4.74 Å². The Morgan fingerprint density at radius 1 is 1.47 bits per heavy atom. The first kappa shape index (κ1) is 10.2. The molecule has 0 aromatic carbocycles. The Balaban J connectivity index is 2.09. The van der Waals surface area contributed by atoms with Crippen LogP contribution in [0.25, 0.3) is 0 Å². The summed E-state index contributed by atoms with van der Waals surface area (Å²) in [6, 6.07) is 2.32. The molecular formula is C10H16N4O. The van der Waals surface area contributed by atoms with Gasteiger partial charge in [-0.05, 0) is 13.3 Å². The highest BCUT2D eigenvalue weighted by atomic mass is 16.5. The average molecular weight is 208 g/mol. The molecule has 1 unspecified atom stereocenters. The second kappa shape index (κ2) is 4.44. The molecule has 2 N–H and O–H groups in total. The number of anilines is 2. The molecule has 0 spiro atoms. The zero-order valence-corrected chi connectivity index (χ0v) is 9.08. The standard InChI is InChI=1S/C10H16N4O/c1-7-5-9(14-10(11-2)12-7)13-8-3-4-15-6-8/h5,8H,3-4,6H2,1-2H3,(H2,11,12,13,14). The second-order valence-electron chi connectivity index (χ2n) is 3.67. The second-order valence-corrected chi connectivity index (χ2v) is 3.67. The summed E-state index contributed by atoms with van der Waals surface area (Å²) < 4.78 is 5.29. The molecule has 1 aliphatic heterocycles. The van der Waals surface area contributed by atoms with Crippen molar-refractivity contribution in [2.24, 2.45) is 0 Å². The lowest BCUT2D eigenvalue weighted by molar-refractivity contribution is 0.195. The summed E-state index contributed by atoms with van der Waals surface area (Å²) >= 11 is 0. The van der Waals surface area contributed by atoms with Gasteiger partial charge in [-0.2, -0.15) is 4.98 Å². The van der Waals surface area contributed by atoms with Gasteiger partial charge in [-0.25, -0.2) is 4.98 Å². The van der Waals surface area contributed by atoms with E-state index in [9.17, 15) is 0 Å². The van der Waals surface area contributed by atoms with E-state index in [1.54, 1.807) is 0 Å². The molecule has 15 heavy (non-hydrogen) atoms. The summed E-state index contributed by atoms with van der Waals surface area (Å²) in [5.74, 6) is 1.51. The quantitative estimate of drug-likeness (QED) is 0.777. The number of aryl methyl sites for hydroxylation is 1. The third-order valence-corrected chi connectivity index (χ3v) is 2.36. The highest BCUT2D eigenvalue weighted by Crippen LogP contribution is 2.14. The lowest BCUT2D eigenvalue weighted by Crippen LogP contribution is -2.20. The SMILES string of the molecule is CNc1nc(C)cc(NC2CCOC2)n1. The molecule has 0 aliphatic carbocycles. The molecule has 0 radical (unpaired) electrons. The Hall–Kier alpha value is -1.36. The van der Waals surface area contributed by atoms with Gasteiger partial charge in [0.25, 0.3) is 0 Å². The molecule has 2 rings (SSSR count). The fourth-order valence-electron chi connectivity index (χ4n) is 1.61.